The van der Waals surface area contributed by atoms with Crippen LogP contribution in [0.3, 0.4) is 0 Å². The van der Waals surface area contributed by atoms with Gasteiger partial charge >= 0.3 is 0 Å². The molecule has 102 valence electrons. The molecular weight excluding hydrogens is 228 g/mol. The van der Waals surface area contributed by atoms with E-state index in [9.17, 15) is 10.2 Å². The van der Waals surface area contributed by atoms with Crippen LogP contribution in [0.4, 0.5) is 5.69 Å². The number of aliphatic hydroxyl groups excluding tert-OH is 1. The van der Waals surface area contributed by atoms with Crippen molar-refractivity contribution < 1.29 is 10.2 Å². The lowest BCUT2D eigenvalue weighted by Crippen LogP contribution is -2.40. The van der Waals surface area contributed by atoms with Crippen molar-refractivity contribution in [3.05, 3.63) is 29.8 Å². The summed E-state index contributed by atoms with van der Waals surface area (Å²) in [5, 5.41) is 19.9. The van der Waals surface area contributed by atoms with Gasteiger partial charge in [0.15, 0.2) is 0 Å². The van der Waals surface area contributed by atoms with Crippen LogP contribution < -0.4 is 5.73 Å². The SMILES string of the molecule is CCN(CC(O)c1ccc(N)cc1)CC(C)(C)O. The van der Waals surface area contributed by atoms with Crippen LogP contribution in [-0.2, 0) is 0 Å². The number of aliphatic hydroxyl groups is 2. The van der Waals surface area contributed by atoms with Crippen molar-refractivity contribution in [2.75, 3.05) is 25.4 Å². The Kier molecular flexibility index (Phi) is 5.14. The molecule has 0 radical (unpaired) electrons. The van der Waals surface area contributed by atoms with E-state index in [0.29, 0.717) is 18.8 Å². The van der Waals surface area contributed by atoms with Crippen LogP contribution in [0.15, 0.2) is 24.3 Å². The first kappa shape index (κ1) is 15.0. The Hall–Kier alpha value is -1.10. The smallest absolute Gasteiger partial charge is 0.0916 e. The van der Waals surface area contributed by atoms with Crippen LogP contribution in [0.1, 0.15) is 32.4 Å². The molecule has 0 bridgehead atoms. The second kappa shape index (κ2) is 6.18. The number of nitrogen functional groups attached to an aromatic ring is 1. The second-order valence-electron chi connectivity index (χ2n) is 5.32. The summed E-state index contributed by atoms with van der Waals surface area (Å²) in [6, 6.07) is 7.23. The third-order valence-electron chi connectivity index (χ3n) is 2.81. The van der Waals surface area contributed by atoms with Crippen molar-refractivity contribution in [1.29, 1.82) is 0 Å². The maximum absolute atomic E-state index is 10.1. The topological polar surface area (TPSA) is 69.7 Å². The molecular formula is C14H24N2O2. The normalized spacial score (nSPS) is 13.9. The average Bonchev–Trinajstić information content (AvgIpc) is 2.27. The van der Waals surface area contributed by atoms with Crippen molar-refractivity contribution in [3.8, 4) is 0 Å². The highest BCUT2D eigenvalue weighted by molar-refractivity contribution is 5.39. The summed E-state index contributed by atoms with van der Waals surface area (Å²) >= 11 is 0. The molecule has 0 aliphatic carbocycles. The third-order valence-corrected chi connectivity index (χ3v) is 2.81. The fourth-order valence-corrected chi connectivity index (χ4v) is 1.92. The fourth-order valence-electron chi connectivity index (χ4n) is 1.92. The largest absolute Gasteiger partial charge is 0.399 e. The molecule has 1 aromatic rings. The van der Waals surface area contributed by atoms with Gasteiger partial charge in [0.2, 0.25) is 0 Å². The fraction of sp³-hybridized carbons (Fsp3) is 0.571. The number of nitrogens with zero attached hydrogens (tertiary/aromatic N) is 1. The predicted octanol–water partition coefficient (Wildman–Crippen LogP) is 1.40. The van der Waals surface area contributed by atoms with Crippen LogP contribution >= 0.6 is 0 Å². The van der Waals surface area contributed by atoms with Crippen molar-refractivity contribution in [1.82, 2.24) is 4.90 Å². The molecule has 0 saturated carbocycles. The van der Waals surface area contributed by atoms with E-state index >= 15 is 0 Å². The van der Waals surface area contributed by atoms with Gasteiger partial charge in [-0.15, -0.1) is 0 Å². The highest BCUT2D eigenvalue weighted by Gasteiger charge is 2.19. The van der Waals surface area contributed by atoms with Gasteiger partial charge in [0.05, 0.1) is 11.7 Å². The molecule has 0 aliphatic rings. The zero-order chi connectivity index (χ0) is 13.8. The van der Waals surface area contributed by atoms with Crippen LogP contribution in [0.2, 0.25) is 0 Å². The summed E-state index contributed by atoms with van der Waals surface area (Å²) in [6.45, 7) is 7.38. The minimum Gasteiger partial charge on any atom is -0.399 e. The molecule has 1 aromatic carbocycles. The van der Waals surface area contributed by atoms with Crippen LogP contribution in [0, 0.1) is 0 Å². The van der Waals surface area contributed by atoms with E-state index in [1.807, 2.05) is 24.0 Å². The maximum atomic E-state index is 10.1. The van der Waals surface area contributed by atoms with Crippen LogP contribution in [0.25, 0.3) is 0 Å². The standard InChI is InChI=1S/C14H24N2O2/c1-4-16(10-14(2,3)18)9-13(17)11-5-7-12(15)8-6-11/h5-8,13,17-18H,4,9-10,15H2,1-3H3. The van der Waals surface area contributed by atoms with Gasteiger partial charge < -0.3 is 15.9 Å². The minimum atomic E-state index is -0.753. The quantitative estimate of drug-likeness (QED) is 0.669. The number of nitrogens with two attached hydrogens (primary N) is 1. The highest BCUT2D eigenvalue weighted by atomic mass is 16.3. The van der Waals surface area contributed by atoms with Gasteiger partial charge in [-0.1, -0.05) is 19.1 Å². The molecule has 18 heavy (non-hydrogen) atoms. The molecule has 1 rings (SSSR count). The van der Waals surface area contributed by atoms with E-state index < -0.39 is 11.7 Å². The Labute approximate surface area is 109 Å². The first-order valence-corrected chi connectivity index (χ1v) is 6.30. The Morgan fingerprint density at radius 3 is 2.28 bits per heavy atom. The molecule has 4 nitrogen and oxygen atoms in total. The van der Waals surface area contributed by atoms with Crippen LogP contribution in [-0.4, -0.2) is 40.3 Å². The van der Waals surface area contributed by atoms with Gasteiger partial charge in [-0.05, 0) is 38.1 Å². The molecule has 1 atom stereocenters. The average molecular weight is 252 g/mol. The van der Waals surface area contributed by atoms with Gasteiger partial charge in [0.25, 0.3) is 0 Å². The van der Waals surface area contributed by atoms with Gasteiger partial charge in [0, 0.05) is 18.8 Å². The zero-order valence-corrected chi connectivity index (χ0v) is 11.4. The molecule has 0 amide bonds. The van der Waals surface area contributed by atoms with Gasteiger partial charge in [-0.25, -0.2) is 0 Å². The monoisotopic (exact) mass is 252 g/mol. The Bertz CT molecular complexity index is 357. The van der Waals surface area contributed by atoms with Crippen molar-refractivity contribution in [3.63, 3.8) is 0 Å². The van der Waals surface area contributed by atoms with E-state index in [4.69, 9.17) is 5.73 Å². The predicted molar refractivity (Wildman–Crippen MR) is 74.2 cm³/mol. The van der Waals surface area contributed by atoms with E-state index in [2.05, 4.69) is 0 Å². The Balaban J connectivity index is 2.61. The Morgan fingerprint density at radius 2 is 1.83 bits per heavy atom. The molecule has 0 fully saturated rings. The summed E-state index contributed by atoms with van der Waals surface area (Å²) in [7, 11) is 0. The Morgan fingerprint density at radius 1 is 1.28 bits per heavy atom. The molecule has 4 heteroatoms. The summed E-state index contributed by atoms with van der Waals surface area (Å²) in [4.78, 5) is 2.03. The summed E-state index contributed by atoms with van der Waals surface area (Å²) in [6.07, 6.45) is -0.562. The molecule has 0 aromatic heterocycles. The van der Waals surface area contributed by atoms with E-state index in [-0.39, 0.29) is 0 Å². The van der Waals surface area contributed by atoms with Gasteiger partial charge in [-0.3, -0.25) is 4.90 Å². The van der Waals surface area contributed by atoms with Crippen LogP contribution in [0.5, 0.6) is 0 Å². The highest BCUT2D eigenvalue weighted by Crippen LogP contribution is 2.17. The van der Waals surface area contributed by atoms with Gasteiger partial charge in [0.1, 0.15) is 0 Å². The zero-order valence-electron chi connectivity index (χ0n) is 11.4. The molecule has 0 aliphatic heterocycles. The summed E-state index contributed by atoms with van der Waals surface area (Å²) in [5.41, 5.74) is 6.39. The summed E-state index contributed by atoms with van der Waals surface area (Å²) < 4.78 is 0. The number of rotatable bonds is 6. The first-order chi connectivity index (χ1) is 8.31. The summed E-state index contributed by atoms with van der Waals surface area (Å²) in [5.74, 6) is 0. The number of anilines is 1. The second-order valence-corrected chi connectivity index (χ2v) is 5.32. The lowest BCUT2D eigenvalue weighted by molar-refractivity contribution is 0.0203. The molecule has 0 spiro atoms. The first-order valence-electron chi connectivity index (χ1n) is 6.30. The van der Waals surface area contributed by atoms with Crippen molar-refractivity contribution >= 4 is 5.69 Å². The van der Waals surface area contributed by atoms with E-state index in [1.54, 1.807) is 26.0 Å². The molecule has 4 N–H and O–H groups in total. The molecule has 0 heterocycles. The lowest BCUT2D eigenvalue weighted by Gasteiger charge is -2.29. The van der Waals surface area contributed by atoms with E-state index in [0.717, 1.165) is 12.1 Å². The number of benzene rings is 1. The third kappa shape index (κ3) is 5.04. The number of likely N-dealkylation sites (N-methyl/N-ethyl adjacent to an activating group) is 1. The molecule has 1 unspecified atom stereocenters. The maximum Gasteiger partial charge on any atom is 0.0916 e. The van der Waals surface area contributed by atoms with Crippen molar-refractivity contribution in [2.45, 2.75) is 32.5 Å². The number of hydrogen-bond acceptors (Lipinski definition) is 4. The van der Waals surface area contributed by atoms with Crippen molar-refractivity contribution in [2.24, 2.45) is 0 Å². The minimum absolute atomic E-state index is 0.504. The van der Waals surface area contributed by atoms with Gasteiger partial charge in [-0.2, -0.15) is 0 Å². The number of hydrogen-bond donors (Lipinski definition) is 3. The van der Waals surface area contributed by atoms with E-state index in [1.165, 1.54) is 0 Å². The lowest BCUT2D eigenvalue weighted by atomic mass is 10.1. The molecule has 0 saturated heterocycles.